The summed E-state index contributed by atoms with van der Waals surface area (Å²) in [5.41, 5.74) is 0. The third-order valence-electron chi connectivity index (χ3n) is 0.555. The van der Waals surface area contributed by atoms with Crippen LogP contribution in [0.3, 0.4) is 0 Å². The fourth-order valence-corrected chi connectivity index (χ4v) is 0.196. The first kappa shape index (κ1) is 8.19. The van der Waals surface area contributed by atoms with E-state index >= 15 is 0 Å². The second kappa shape index (κ2) is 4.11. The van der Waals surface area contributed by atoms with Crippen molar-refractivity contribution in [2.24, 2.45) is 0 Å². The Morgan fingerprint density at radius 1 is 1.78 bits per heavy atom. The van der Waals surface area contributed by atoms with E-state index in [0.29, 0.717) is 0 Å². The number of rotatable bonds is 2. The van der Waals surface area contributed by atoms with E-state index in [9.17, 15) is 4.79 Å². The van der Waals surface area contributed by atoms with E-state index in [1.54, 1.807) is 0 Å². The van der Waals surface area contributed by atoms with Crippen LogP contribution in [-0.4, -0.2) is 36.4 Å². The third kappa shape index (κ3) is 3.75. The van der Waals surface area contributed by atoms with E-state index in [1.807, 2.05) is 0 Å². The van der Waals surface area contributed by atoms with Crippen molar-refractivity contribution < 1.29 is 24.5 Å². The van der Waals surface area contributed by atoms with E-state index in [2.05, 4.69) is 9.47 Å². The summed E-state index contributed by atoms with van der Waals surface area (Å²) >= 11 is 0. The second-order valence-corrected chi connectivity index (χ2v) is 1.21. The molecule has 1 unspecified atom stereocenters. The largest absolute Gasteiger partial charge is 0.510 e. The summed E-state index contributed by atoms with van der Waals surface area (Å²) in [5, 5.41) is 16.5. The van der Waals surface area contributed by atoms with Gasteiger partial charge in [-0.3, -0.25) is 0 Å². The van der Waals surface area contributed by atoms with Gasteiger partial charge in [0.25, 0.3) is 0 Å². The summed E-state index contributed by atoms with van der Waals surface area (Å²) in [6, 6.07) is 0. The summed E-state index contributed by atoms with van der Waals surface area (Å²) in [7, 11) is 1.10. The maximum absolute atomic E-state index is 10.1. The molecule has 0 aliphatic heterocycles. The Morgan fingerprint density at radius 2 is 2.33 bits per heavy atom. The van der Waals surface area contributed by atoms with E-state index < -0.39 is 19.1 Å². The van der Waals surface area contributed by atoms with Crippen LogP contribution in [0.5, 0.6) is 0 Å². The minimum atomic E-state index is -1.49. The Hall–Kier alpha value is -0.810. The molecule has 0 amide bonds. The predicted molar refractivity (Wildman–Crippen MR) is 26.6 cm³/mol. The molecule has 0 fully saturated rings. The van der Waals surface area contributed by atoms with Crippen molar-refractivity contribution in [3.05, 3.63) is 0 Å². The van der Waals surface area contributed by atoms with Gasteiger partial charge >= 0.3 is 6.16 Å². The molecule has 0 aromatic heterocycles. The first-order valence-electron chi connectivity index (χ1n) is 2.24. The second-order valence-electron chi connectivity index (χ2n) is 1.21. The molecule has 0 saturated carbocycles. The predicted octanol–water partition coefficient (Wildman–Crippen LogP) is -0.920. The molecular weight excluding hydrogens is 128 g/mol. The molecule has 0 spiro atoms. The molecule has 5 nitrogen and oxygen atoms in total. The van der Waals surface area contributed by atoms with E-state index in [-0.39, 0.29) is 0 Å². The molecule has 0 aliphatic rings. The highest BCUT2D eigenvalue weighted by Gasteiger charge is 2.07. The molecule has 9 heavy (non-hydrogen) atoms. The zero-order chi connectivity index (χ0) is 7.28. The first-order valence-corrected chi connectivity index (χ1v) is 2.24. The molecule has 0 heterocycles. The summed E-state index contributed by atoms with van der Waals surface area (Å²) in [4.78, 5) is 10.1. The molecule has 0 bridgehead atoms. The first-order chi connectivity index (χ1) is 4.20. The summed E-state index contributed by atoms with van der Waals surface area (Å²) in [6.45, 7) is -0.630. The van der Waals surface area contributed by atoms with Crippen molar-refractivity contribution in [2.45, 2.75) is 6.29 Å². The lowest BCUT2D eigenvalue weighted by Crippen LogP contribution is -2.20. The molecular formula is C4H8O5. The molecule has 0 aromatic carbocycles. The van der Waals surface area contributed by atoms with Crippen molar-refractivity contribution >= 4 is 6.16 Å². The fraction of sp³-hybridized carbons (Fsp3) is 0.750. The number of carbonyl (C=O) groups excluding carboxylic acids is 1. The van der Waals surface area contributed by atoms with E-state index in [1.165, 1.54) is 0 Å². The van der Waals surface area contributed by atoms with Gasteiger partial charge in [0.2, 0.25) is 6.29 Å². The Labute approximate surface area is 51.8 Å². The molecule has 5 heteroatoms. The van der Waals surface area contributed by atoms with Crippen molar-refractivity contribution in [1.82, 2.24) is 0 Å². The molecule has 0 rings (SSSR count). The highest BCUT2D eigenvalue weighted by atomic mass is 16.8. The van der Waals surface area contributed by atoms with Gasteiger partial charge in [-0.25, -0.2) is 4.79 Å². The number of aliphatic hydroxyl groups is 2. The zero-order valence-corrected chi connectivity index (χ0v) is 4.90. The van der Waals surface area contributed by atoms with Crippen LogP contribution in [-0.2, 0) is 9.47 Å². The van der Waals surface area contributed by atoms with Crippen molar-refractivity contribution in [3.8, 4) is 0 Å². The van der Waals surface area contributed by atoms with Crippen LogP contribution in [0.2, 0.25) is 0 Å². The summed E-state index contributed by atoms with van der Waals surface area (Å²) < 4.78 is 7.98. The van der Waals surface area contributed by atoms with Crippen molar-refractivity contribution in [1.29, 1.82) is 0 Å². The molecule has 0 aliphatic carbocycles. The summed E-state index contributed by atoms with van der Waals surface area (Å²) in [6.07, 6.45) is -2.51. The van der Waals surface area contributed by atoms with Crippen LogP contribution in [0.25, 0.3) is 0 Å². The van der Waals surface area contributed by atoms with Gasteiger partial charge in [0.1, 0.15) is 6.61 Å². The Bertz CT molecular complexity index is 91.0. The minimum Gasteiger partial charge on any atom is -0.438 e. The van der Waals surface area contributed by atoms with Crippen molar-refractivity contribution in [3.63, 3.8) is 0 Å². The number of aliphatic hydroxyl groups excluding tert-OH is 2. The topological polar surface area (TPSA) is 76.0 Å². The maximum atomic E-state index is 10.1. The average molecular weight is 136 g/mol. The number of methoxy groups -OCH3 is 1. The van der Waals surface area contributed by atoms with Crippen LogP contribution in [0, 0.1) is 0 Å². The van der Waals surface area contributed by atoms with Gasteiger partial charge in [-0.1, -0.05) is 0 Å². The van der Waals surface area contributed by atoms with E-state index in [0.717, 1.165) is 7.11 Å². The zero-order valence-electron chi connectivity index (χ0n) is 4.90. The van der Waals surface area contributed by atoms with Crippen LogP contribution in [0.1, 0.15) is 0 Å². The number of ether oxygens (including phenoxy) is 2. The number of hydrogen-bond donors (Lipinski definition) is 2. The Balaban J connectivity index is 3.34. The lowest BCUT2D eigenvalue weighted by molar-refractivity contribution is -0.101. The van der Waals surface area contributed by atoms with E-state index in [4.69, 9.17) is 10.2 Å². The molecule has 1 atom stereocenters. The standard InChI is InChI=1S/C4H8O5/c1-8-4(7)9-3(6)2-5/h3,5-6H,2H2,1H3. The highest BCUT2D eigenvalue weighted by Crippen LogP contribution is 1.87. The monoisotopic (exact) mass is 136 g/mol. The molecule has 2 N–H and O–H groups in total. The Kier molecular flexibility index (Phi) is 3.74. The third-order valence-corrected chi connectivity index (χ3v) is 0.555. The van der Waals surface area contributed by atoms with Gasteiger partial charge in [-0.05, 0) is 0 Å². The SMILES string of the molecule is COC(=O)OC(O)CO. The normalized spacial score (nSPS) is 12.3. The maximum Gasteiger partial charge on any atom is 0.510 e. The molecule has 54 valence electrons. The van der Waals surface area contributed by atoms with Gasteiger partial charge in [-0.15, -0.1) is 0 Å². The van der Waals surface area contributed by atoms with Crippen molar-refractivity contribution in [2.75, 3.05) is 13.7 Å². The van der Waals surface area contributed by atoms with Gasteiger partial charge in [0.15, 0.2) is 0 Å². The minimum absolute atomic E-state index is 0.630. The quantitative estimate of drug-likeness (QED) is 0.379. The highest BCUT2D eigenvalue weighted by molar-refractivity contribution is 5.59. The lowest BCUT2D eigenvalue weighted by Gasteiger charge is -2.05. The molecule has 0 radical (unpaired) electrons. The smallest absolute Gasteiger partial charge is 0.438 e. The molecule has 0 saturated heterocycles. The van der Waals surface area contributed by atoms with Crippen LogP contribution in [0.15, 0.2) is 0 Å². The van der Waals surface area contributed by atoms with Gasteiger partial charge in [0.05, 0.1) is 7.11 Å². The van der Waals surface area contributed by atoms with Gasteiger partial charge in [0, 0.05) is 0 Å². The fourth-order valence-electron chi connectivity index (χ4n) is 0.196. The molecule has 0 aromatic rings. The average Bonchev–Trinajstić information content (AvgIpc) is 1.87. The number of hydrogen-bond acceptors (Lipinski definition) is 5. The van der Waals surface area contributed by atoms with Gasteiger partial charge in [-0.2, -0.15) is 0 Å². The summed E-state index contributed by atoms with van der Waals surface area (Å²) in [5.74, 6) is 0. The van der Waals surface area contributed by atoms with Gasteiger partial charge < -0.3 is 19.7 Å². The Morgan fingerprint density at radius 3 is 2.67 bits per heavy atom. The van der Waals surface area contributed by atoms with Crippen LogP contribution in [0.4, 0.5) is 4.79 Å². The number of carbonyl (C=O) groups is 1. The van der Waals surface area contributed by atoms with Crippen LogP contribution >= 0.6 is 0 Å². The lowest BCUT2D eigenvalue weighted by atomic mass is 10.7. The van der Waals surface area contributed by atoms with Crippen LogP contribution < -0.4 is 0 Å².